The molecule has 0 aliphatic carbocycles. The van der Waals surface area contributed by atoms with Gasteiger partial charge in [0.15, 0.2) is 0 Å². The van der Waals surface area contributed by atoms with Gasteiger partial charge >= 0.3 is 0 Å². The van der Waals surface area contributed by atoms with E-state index in [4.69, 9.17) is 5.73 Å². The highest BCUT2D eigenvalue weighted by Gasteiger charge is 2.14. The van der Waals surface area contributed by atoms with E-state index >= 15 is 0 Å². The Morgan fingerprint density at radius 3 is 2.85 bits per heavy atom. The Labute approximate surface area is 166 Å². The first-order valence-corrected chi connectivity index (χ1v) is 8.70. The quantitative estimate of drug-likeness (QED) is 0.597. The van der Waals surface area contributed by atoms with Gasteiger partial charge in [-0.15, -0.1) is 35.0 Å². The molecule has 3 rings (SSSR count). The Morgan fingerprint density at radius 2 is 2.04 bits per heavy atom. The van der Waals surface area contributed by atoms with E-state index in [-0.39, 0.29) is 30.7 Å². The Balaban J connectivity index is 0.00000169. The molecule has 0 bridgehead atoms. The smallest absolute Gasteiger partial charge is 0.251 e. The van der Waals surface area contributed by atoms with Crippen molar-refractivity contribution in [2.24, 2.45) is 0 Å². The maximum absolute atomic E-state index is 12.3. The predicted molar refractivity (Wildman–Crippen MR) is 108 cm³/mol. The number of nitrogens with one attached hydrogen (secondary N) is 1. The summed E-state index contributed by atoms with van der Waals surface area (Å²) in [6, 6.07) is 5.40. The molecule has 0 saturated heterocycles. The van der Waals surface area contributed by atoms with Gasteiger partial charge in [0, 0.05) is 37.2 Å². The van der Waals surface area contributed by atoms with Crippen molar-refractivity contribution in [2.75, 3.05) is 12.3 Å². The second-order valence-electron chi connectivity index (χ2n) is 6.43. The molecular formula is C18H27Cl2N5O. The molecule has 1 aromatic carbocycles. The van der Waals surface area contributed by atoms with Crippen LogP contribution in [0.4, 0.5) is 5.69 Å². The van der Waals surface area contributed by atoms with E-state index in [0.717, 1.165) is 43.0 Å². The van der Waals surface area contributed by atoms with Gasteiger partial charge in [-0.2, -0.15) is 0 Å². The normalized spacial score (nSPS) is 13.0. The summed E-state index contributed by atoms with van der Waals surface area (Å²) in [4.78, 5) is 12.3. The van der Waals surface area contributed by atoms with Gasteiger partial charge in [0.05, 0.1) is 0 Å². The number of aryl methyl sites for hydroxylation is 3. The molecule has 2 aromatic rings. The molecule has 0 fully saturated rings. The number of nitrogens with two attached hydrogens (primary N) is 1. The number of hydrogen-bond donors (Lipinski definition) is 2. The molecule has 0 unspecified atom stereocenters. The van der Waals surface area contributed by atoms with Crippen molar-refractivity contribution in [2.45, 2.75) is 52.0 Å². The molecule has 0 spiro atoms. The minimum Gasteiger partial charge on any atom is -0.399 e. The van der Waals surface area contributed by atoms with E-state index in [0.29, 0.717) is 17.8 Å². The van der Waals surface area contributed by atoms with Crippen LogP contribution in [-0.4, -0.2) is 27.2 Å². The lowest BCUT2D eigenvalue weighted by Gasteiger charge is -2.09. The van der Waals surface area contributed by atoms with Crippen LogP contribution in [0.25, 0.3) is 0 Å². The van der Waals surface area contributed by atoms with Crippen molar-refractivity contribution in [3.8, 4) is 0 Å². The maximum atomic E-state index is 12.3. The van der Waals surface area contributed by atoms with E-state index in [1.807, 2.05) is 19.1 Å². The topological polar surface area (TPSA) is 85.8 Å². The van der Waals surface area contributed by atoms with Crippen molar-refractivity contribution in [1.29, 1.82) is 0 Å². The molecule has 144 valence electrons. The van der Waals surface area contributed by atoms with E-state index in [2.05, 4.69) is 20.1 Å². The molecule has 26 heavy (non-hydrogen) atoms. The van der Waals surface area contributed by atoms with E-state index in [1.54, 1.807) is 6.07 Å². The second-order valence-corrected chi connectivity index (χ2v) is 6.43. The number of carbonyl (C=O) groups is 1. The van der Waals surface area contributed by atoms with E-state index in [1.165, 1.54) is 19.3 Å². The van der Waals surface area contributed by atoms with Gasteiger partial charge in [-0.25, -0.2) is 0 Å². The summed E-state index contributed by atoms with van der Waals surface area (Å²) < 4.78 is 2.26. The Hall–Kier alpha value is -1.79. The van der Waals surface area contributed by atoms with Crippen LogP contribution in [0, 0.1) is 6.92 Å². The fraction of sp³-hybridized carbons (Fsp3) is 0.500. The van der Waals surface area contributed by atoms with Crippen LogP contribution in [0.5, 0.6) is 0 Å². The monoisotopic (exact) mass is 399 g/mol. The van der Waals surface area contributed by atoms with Crippen LogP contribution >= 0.6 is 24.8 Å². The summed E-state index contributed by atoms with van der Waals surface area (Å²) in [6.07, 6.45) is 6.38. The van der Waals surface area contributed by atoms with Crippen LogP contribution in [0.3, 0.4) is 0 Å². The Morgan fingerprint density at radius 1 is 1.23 bits per heavy atom. The number of nitrogen functional groups attached to an aromatic ring is 1. The highest BCUT2D eigenvalue weighted by atomic mass is 35.5. The number of nitrogens with zero attached hydrogens (tertiary/aromatic N) is 3. The van der Waals surface area contributed by atoms with Crippen LogP contribution in [0.2, 0.25) is 0 Å². The summed E-state index contributed by atoms with van der Waals surface area (Å²) in [7, 11) is 0. The first-order chi connectivity index (χ1) is 11.6. The van der Waals surface area contributed by atoms with Gasteiger partial charge in [0.1, 0.15) is 11.6 Å². The summed E-state index contributed by atoms with van der Waals surface area (Å²) in [5, 5.41) is 11.6. The lowest BCUT2D eigenvalue weighted by molar-refractivity contribution is 0.0952. The average Bonchev–Trinajstić information content (AvgIpc) is 2.80. The first kappa shape index (κ1) is 22.3. The first-order valence-electron chi connectivity index (χ1n) is 8.70. The number of fused-ring (bicyclic) bond motifs is 1. The van der Waals surface area contributed by atoms with Gasteiger partial charge in [-0.1, -0.05) is 12.5 Å². The third-order valence-corrected chi connectivity index (χ3v) is 4.56. The number of halogens is 2. The number of rotatable bonds is 5. The van der Waals surface area contributed by atoms with Crippen molar-refractivity contribution in [3.63, 3.8) is 0 Å². The zero-order valence-corrected chi connectivity index (χ0v) is 16.7. The molecule has 0 radical (unpaired) electrons. The van der Waals surface area contributed by atoms with Crippen LogP contribution in [0.15, 0.2) is 18.2 Å². The molecule has 0 atom stereocenters. The standard InChI is InChI=1S/C18H25N5O.2ClH/c1-13-8-9-14(19)12-15(13)18(24)20-10-5-7-17-22-21-16-6-3-2-4-11-23(16)17;;/h8-9,12H,2-7,10-11,19H2,1H3,(H,20,24);2*1H. The minimum atomic E-state index is -0.0696. The highest BCUT2D eigenvalue weighted by molar-refractivity contribution is 5.96. The van der Waals surface area contributed by atoms with Crippen molar-refractivity contribution in [1.82, 2.24) is 20.1 Å². The van der Waals surface area contributed by atoms with Crippen LogP contribution < -0.4 is 11.1 Å². The predicted octanol–water partition coefficient (Wildman–Crippen LogP) is 3.10. The summed E-state index contributed by atoms with van der Waals surface area (Å²) in [5.74, 6) is 2.09. The zero-order valence-electron chi connectivity index (χ0n) is 15.0. The third kappa shape index (κ3) is 5.35. The molecule has 8 heteroatoms. The maximum Gasteiger partial charge on any atom is 0.251 e. The number of anilines is 1. The SMILES string of the molecule is Cc1ccc(N)cc1C(=O)NCCCc1nnc2n1CCCCC2.Cl.Cl. The molecule has 2 heterocycles. The molecule has 3 N–H and O–H groups in total. The van der Waals surface area contributed by atoms with Crippen LogP contribution in [-0.2, 0) is 19.4 Å². The minimum absolute atomic E-state index is 0. The molecule has 1 amide bonds. The van der Waals surface area contributed by atoms with Crippen molar-refractivity contribution >= 4 is 36.4 Å². The third-order valence-electron chi connectivity index (χ3n) is 4.56. The fourth-order valence-electron chi connectivity index (χ4n) is 3.16. The second kappa shape index (κ2) is 10.4. The summed E-state index contributed by atoms with van der Waals surface area (Å²) in [5.41, 5.74) is 7.95. The molecular weight excluding hydrogens is 373 g/mol. The largest absolute Gasteiger partial charge is 0.399 e. The molecule has 6 nitrogen and oxygen atoms in total. The number of carbonyl (C=O) groups excluding carboxylic acids is 1. The molecule has 1 aliphatic rings. The number of aromatic nitrogens is 3. The lowest BCUT2D eigenvalue weighted by atomic mass is 10.1. The van der Waals surface area contributed by atoms with E-state index in [9.17, 15) is 4.79 Å². The zero-order chi connectivity index (χ0) is 16.9. The van der Waals surface area contributed by atoms with Gasteiger partial charge < -0.3 is 15.6 Å². The summed E-state index contributed by atoms with van der Waals surface area (Å²) in [6.45, 7) is 3.56. The van der Waals surface area contributed by atoms with Gasteiger partial charge in [0.25, 0.3) is 5.91 Å². The van der Waals surface area contributed by atoms with Gasteiger partial charge in [-0.3, -0.25) is 4.79 Å². The molecule has 1 aliphatic heterocycles. The molecule has 0 saturated carbocycles. The number of hydrogen-bond acceptors (Lipinski definition) is 4. The number of benzene rings is 1. The van der Waals surface area contributed by atoms with Crippen molar-refractivity contribution < 1.29 is 4.79 Å². The average molecular weight is 400 g/mol. The van der Waals surface area contributed by atoms with Gasteiger partial charge in [-0.05, 0) is 43.9 Å². The fourth-order valence-corrected chi connectivity index (χ4v) is 3.16. The van der Waals surface area contributed by atoms with Crippen molar-refractivity contribution in [3.05, 3.63) is 41.0 Å². The highest BCUT2D eigenvalue weighted by Crippen LogP contribution is 2.15. The number of amides is 1. The van der Waals surface area contributed by atoms with Gasteiger partial charge in [0.2, 0.25) is 0 Å². The summed E-state index contributed by atoms with van der Waals surface area (Å²) >= 11 is 0. The molecule has 1 aromatic heterocycles. The van der Waals surface area contributed by atoms with E-state index < -0.39 is 0 Å². The van der Waals surface area contributed by atoms with Crippen LogP contribution in [0.1, 0.15) is 53.3 Å². The Bertz CT molecular complexity index is 732. The lowest BCUT2D eigenvalue weighted by Crippen LogP contribution is -2.25. The Kier molecular flexibility index (Phi) is 8.88.